The molecule has 1 aromatic carbocycles. The predicted molar refractivity (Wildman–Crippen MR) is 147 cm³/mol. The van der Waals surface area contributed by atoms with Gasteiger partial charge in [0.15, 0.2) is 0 Å². The summed E-state index contributed by atoms with van der Waals surface area (Å²) in [5.41, 5.74) is 3.32. The molecule has 1 aromatic rings. The second kappa shape index (κ2) is 14.2. The van der Waals surface area contributed by atoms with E-state index in [0.29, 0.717) is 17.0 Å². The molecule has 2 N–H and O–H groups in total. The summed E-state index contributed by atoms with van der Waals surface area (Å²) in [7, 11) is 0. The molecule has 2 rings (SSSR count). The summed E-state index contributed by atoms with van der Waals surface area (Å²) in [4.78, 5) is 29.2. The third kappa shape index (κ3) is 8.36. The summed E-state index contributed by atoms with van der Waals surface area (Å²) in [6, 6.07) is 5.09. The Bertz CT molecular complexity index is 1040. The van der Waals surface area contributed by atoms with Gasteiger partial charge < -0.3 is 10.6 Å². The van der Waals surface area contributed by atoms with Crippen molar-refractivity contribution < 1.29 is 14.0 Å². The van der Waals surface area contributed by atoms with Crippen LogP contribution in [-0.4, -0.2) is 35.3 Å². The Kier molecular flexibility index (Phi) is 11.4. The molecule has 1 fully saturated rings. The third-order valence-electron chi connectivity index (χ3n) is 6.10. The molecule has 0 spiro atoms. The lowest BCUT2D eigenvalue weighted by atomic mass is 9.93. The number of anilines is 1. The highest BCUT2D eigenvalue weighted by Gasteiger charge is 2.35. The van der Waals surface area contributed by atoms with Crippen LogP contribution in [0.4, 0.5) is 10.1 Å². The molecule has 194 valence electrons. The van der Waals surface area contributed by atoms with Crippen LogP contribution in [0.25, 0.3) is 0 Å². The Balaban J connectivity index is 2.54. The lowest BCUT2D eigenvalue weighted by Crippen LogP contribution is -2.53. The van der Waals surface area contributed by atoms with Crippen LogP contribution >= 0.6 is 0 Å². The van der Waals surface area contributed by atoms with E-state index in [0.717, 1.165) is 36.8 Å². The average molecular weight is 494 g/mol. The van der Waals surface area contributed by atoms with E-state index in [2.05, 4.69) is 23.8 Å². The maximum absolute atomic E-state index is 13.8. The van der Waals surface area contributed by atoms with Gasteiger partial charge in [-0.05, 0) is 76.5 Å². The normalized spacial score (nSPS) is 15.2. The Morgan fingerprint density at radius 1 is 1.19 bits per heavy atom. The largest absolute Gasteiger partial charge is 0.376 e. The zero-order valence-corrected chi connectivity index (χ0v) is 22.1. The molecular weight excluding hydrogens is 453 g/mol. The predicted octanol–water partition coefficient (Wildman–Crippen LogP) is 6.44. The summed E-state index contributed by atoms with van der Waals surface area (Å²) in [6.45, 7) is 15.3. The highest BCUT2D eigenvalue weighted by atomic mass is 19.1. The number of benzene rings is 1. The maximum atomic E-state index is 13.8. The summed E-state index contributed by atoms with van der Waals surface area (Å²) >= 11 is 0. The number of carbonyl (C=O) groups excluding carboxylic acids is 2. The third-order valence-corrected chi connectivity index (χ3v) is 6.10. The number of hydrogen-bond acceptors (Lipinski definition) is 3. The van der Waals surface area contributed by atoms with E-state index in [1.54, 1.807) is 30.4 Å². The number of nitrogens with one attached hydrogen (secondary N) is 2. The molecule has 2 amide bonds. The minimum atomic E-state index is -0.918. The molecule has 1 unspecified atom stereocenters. The van der Waals surface area contributed by atoms with Crippen molar-refractivity contribution in [2.45, 2.75) is 71.9 Å². The number of hydrogen-bond donors (Lipinski definition) is 2. The maximum Gasteiger partial charge on any atom is 0.248 e. The van der Waals surface area contributed by atoms with Gasteiger partial charge in [0.25, 0.3) is 0 Å². The lowest BCUT2D eigenvalue weighted by Gasteiger charge is -2.35. The van der Waals surface area contributed by atoms with Crippen LogP contribution in [0.3, 0.4) is 0 Å². The molecule has 36 heavy (non-hydrogen) atoms. The molecule has 1 saturated carbocycles. The molecule has 0 heterocycles. The average Bonchev–Trinajstić information content (AvgIpc) is 2.82. The number of halogens is 1. The topological polar surface area (TPSA) is 61.4 Å². The van der Waals surface area contributed by atoms with E-state index >= 15 is 0 Å². The highest BCUT2D eigenvalue weighted by Crippen LogP contribution is 2.25. The number of rotatable bonds is 11. The molecule has 0 bridgehead atoms. The molecule has 1 aliphatic rings. The number of nitrogens with zero attached hydrogens (tertiary/aromatic N) is 1. The van der Waals surface area contributed by atoms with Crippen molar-refractivity contribution in [1.29, 1.82) is 0 Å². The molecule has 0 saturated heterocycles. The zero-order valence-electron chi connectivity index (χ0n) is 22.1. The fourth-order valence-electron chi connectivity index (χ4n) is 4.43. The van der Waals surface area contributed by atoms with Crippen LogP contribution < -0.4 is 10.6 Å². The Hall–Kier alpha value is -3.41. The van der Waals surface area contributed by atoms with Crippen molar-refractivity contribution in [2.24, 2.45) is 0 Å². The number of allylic oxidation sites excluding steroid dienone is 5. The van der Waals surface area contributed by atoms with E-state index < -0.39 is 11.9 Å². The van der Waals surface area contributed by atoms with Gasteiger partial charge in [0.2, 0.25) is 11.8 Å². The second-order valence-corrected chi connectivity index (χ2v) is 9.45. The summed E-state index contributed by atoms with van der Waals surface area (Å²) in [5, 5.41) is 6.20. The number of carbonyl (C=O) groups is 2. The Labute approximate surface area is 215 Å². The SMILES string of the molecule is C=CC(=C(C)C)C(C(=O)NC1CCCCC1)N(C(=O)CNc1cccc(F)c1)C(C=CC)=CC(=C)C. The molecule has 1 atom stereocenters. The van der Waals surface area contributed by atoms with Gasteiger partial charge in [0.1, 0.15) is 11.9 Å². The van der Waals surface area contributed by atoms with Crippen LogP contribution in [0.2, 0.25) is 0 Å². The van der Waals surface area contributed by atoms with Crippen LogP contribution in [0, 0.1) is 5.82 Å². The minimum absolute atomic E-state index is 0.0784. The second-order valence-electron chi connectivity index (χ2n) is 9.45. The first-order valence-electron chi connectivity index (χ1n) is 12.6. The van der Waals surface area contributed by atoms with Crippen molar-refractivity contribution in [1.82, 2.24) is 10.2 Å². The molecule has 0 radical (unpaired) electrons. The van der Waals surface area contributed by atoms with Crippen molar-refractivity contribution in [2.75, 3.05) is 11.9 Å². The van der Waals surface area contributed by atoms with E-state index in [1.807, 2.05) is 33.8 Å². The minimum Gasteiger partial charge on any atom is -0.376 e. The fourth-order valence-corrected chi connectivity index (χ4v) is 4.43. The smallest absolute Gasteiger partial charge is 0.248 e. The first kappa shape index (κ1) is 28.8. The molecular formula is C30H40FN3O2. The van der Waals surface area contributed by atoms with Gasteiger partial charge in [0.05, 0.1) is 6.54 Å². The van der Waals surface area contributed by atoms with Crippen LogP contribution in [0.1, 0.15) is 59.8 Å². The van der Waals surface area contributed by atoms with Gasteiger partial charge in [0, 0.05) is 17.4 Å². The van der Waals surface area contributed by atoms with Gasteiger partial charge >= 0.3 is 0 Å². The zero-order chi connectivity index (χ0) is 26.7. The summed E-state index contributed by atoms with van der Waals surface area (Å²) in [5.74, 6) is -0.979. The van der Waals surface area contributed by atoms with Crippen LogP contribution in [0.15, 0.2) is 84.1 Å². The number of amides is 2. The summed E-state index contributed by atoms with van der Waals surface area (Å²) < 4.78 is 13.7. The molecule has 0 aliphatic heterocycles. The van der Waals surface area contributed by atoms with E-state index in [4.69, 9.17) is 0 Å². The first-order chi connectivity index (χ1) is 17.2. The monoisotopic (exact) mass is 493 g/mol. The first-order valence-corrected chi connectivity index (χ1v) is 12.6. The van der Waals surface area contributed by atoms with Gasteiger partial charge in [-0.25, -0.2) is 4.39 Å². The Morgan fingerprint density at radius 3 is 2.44 bits per heavy atom. The Morgan fingerprint density at radius 2 is 1.89 bits per heavy atom. The molecule has 1 aliphatic carbocycles. The fraction of sp³-hybridized carbons (Fsp3) is 0.400. The van der Waals surface area contributed by atoms with Crippen LogP contribution in [-0.2, 0) is 9.59 Å². The quantitative estimate of drug-likeness (QED) is 0.349. The van der Waals surface area contributed by atoms with Crippen molar-refractivity contribution in [3.05, 3.63) is 90.0 Å². The van der Waals surface area contributed by atoms with Crippen LogP contribution in [0.5, 0.6) is 0 Å². The lowest BCUT2D eigenvalue weighted by molar-refractivity contribution is -0.136. The van der Waals surface area contributed by atoms with E-state index in [1.165, 1.54) is 23.5 Å². The highest BCUT2D eigenvalue weighted by molar-refractivity contribution is 5.94. The van der Waals surface area contributed by atoms with Crippen molar-refractivity contribution in [3.8, 4) is 0 Å². The van der Waals surface area contributed by atoms with Gasteiger partial charge in [-0.3, -0.25) is 14.5 Å². The van der Waals surface area contributed by atoms with Crippen molar-refractivity contribution >= 4 is 17.5 Å². The molecule has 5 nitrogen and oxygen atoms in total. The standard InChI is InChI=1S/C30H40FN3O2/c1-7-13-26(18-21(3)4)34(28(35)20-32-25-17-12-14-23(31)19-25)29(27(8-2)22(5)6)30(36)33-24-15-10-9-11-16-24/h7-8,12-14,17-19,24,29,32H,2-3,9-11,15-16,20H2,1,4-6H3,(H,33,36). The van der Waals surface area contributed by atoms with Gasteiger partial charge in [-0.1, -0.05) is 61.8 Å². The molecule has 0 aromatic heterocycles. The van der Waals surface area contributed by atoms with Gasteiger partial charge in [-0.2, -0.15) is 0 Å². The van der Waals surface area contributed by atoms with Gasteiger partial charge in [-0.15, -0.1) is 0 Å². The summed E-state index contributed by atoms with van der Waals surface area (Å²) in [6.07, 6.45) is 12.2. The van der Waals surface area contributed by atoms with Crippen molar-refractivity contribution in [3.63, 3.8) is 0 Å². The molecule has 6 heteroatoms. The van der Waals surface area contributed by atoms with E-state index in [9.17, 15) is 14.0 Å². The van der Waals surface area contributed by atoms with E-state index in [-0.39, 0.29) is 24.4 Å².